The van der Waals surface area contributed by atoms with Crippen molar-refractivity contribution in [3.8, 4) is 0 Å². The highest BCUT2D eigenvalue weighted by Gasteiger charge is 2.55. The molecule has 1 aromatic heterocycles. The molecule has 1 heterocycles. The van der Waals surface area contributed by atoms with Crippen LogP contribution in [0.15, 0.2) is 24.5 Å². The zero-order chi connectivity index (χ0) is 9.47. The molecular formula is C10H11NO2. The molecule has 13 heavy (non-hydrogen) atoms. The molecule has 2 unspecified atom stereocenters. The summed E-state index contributed by atoms with van der Waals surface area (Å²) in [4.78, 5) is 14.7. The Morgan fingerprint density at radius 2 is 2.54 bits per heavy atom. The number of hydrogen-bond acceptors (Lipinski definition) is 2. The van der Waals surface area contributed by atoms with Gasteiger partial charge < -0.3 is 5.11 Å². The van der Waals surface area contributed by atoms with Gasteiger partial charge in [0.2, 0.25) is 0 Å². The van der Waals surface area contributed by atoms with Gasteiger partial charge in [-0.2, -0.15) is 0 Å². The van der Waals surface area contributed by atoms with E-state index < -0.39 is 5.97 Å². The summed E-state index contributed by atoms with van der Waals surface area (Å²) in [7, 11) is 0. The monoisotopic (exact) mass is 177 g/mol. The fraction of sp³-hybridized carbons (Fsp3) is 0.400. The summed E-state index contributed by atoms with van der Waals surface area (Å²) in [5, 5.41) is 8.83. The van der Waals surface area contributed by atoms with Gasteiger partial charge in [0, 0.05) is 17.8 Å². The minimum atomic E-state index is -0.702. The van der Waals surface area contributed by atoms with Gasteiger partial charge in [-0.1, -0.05) is 13.0 Å². The molecule has 0 radical (unpaired) electrons. The van der Waals surface area contributed by atoms with Crippen molar-refractivity contribution in [2.45, 2.75) is 18.8 Å². The van der Waals surface area contributed by atoms with Gasteiger partial charge in [0.15, 0.2) is 0 Å². The molecule has 3 heteroatoms. The molecule has 1 aromatic rings. The maximum absolute atomic E-state index is 10.7. The zero-order valence-corrected chi connectivity index (χ0v) is 7.40. The summed E-state index contributed by atoms with van der Waals surface area (Å²) >= 11 is 0. The Morgan fingerprint density at radius 3 is 3.00 bits per heavy atom. The van der Waals surface area contributed by atoms with Crippen LogP contribution in [0.1, 0.15) is 18.9 Å². The Morgan fingerprint density at radius 1 is 1.77 bits per heavy atom. The molecule has 0 aliphatic heterocycles. The number of carbonyl (C=O) groups is 1. The summed E-state index contributed by atoms with van der Waals surface area (Å²) in [6, 6.07) is 3.79. The predicted octanol–water partition coefficient (Wildman–Crippen LogP) is 1.44. The molecule has 3 nitrogen and oxygen atoms in total. The third kappa shape index (κ3) is 1.20. The molecule has 1 saturated carbocycles. The lowest BCUT2D eigenvalue weighted by Crippen LogP contribution is -2.10. The molecule has 68 valence electrons. The van der Waals surface area contributed by atoms with Crippen LogP contribution in [-0.2, 0) is 10.2 Å². The zero-order valence-electron chi connectivity index (χ0n) is 7.40. The van der Waals surface area contributed by atoms with Gasteiger partial charge in [-0.05, 0) is 18.1 Å². The second-order valence-electron chi connectivity index (χ2n) is 3.75. The van der Waals surface area contributed by atoms with E-state index in [0.717, 1.165) is 12.0 Å². The summed E-state index contributed by atoms with van der Waals surface area (Å²) < 4.78 is 0. The minimum absolute atomic E-state index is 0.180. The van der Waals surface area contributed by atoms with Crippen molar-refractivity contribution >= 4 is 5.97 Å². The fourth-order valence-electron chi connectivity index (χ4n) is 1.74. The van der Waals surface area contributed by atoms with Crippen molar-refractivity contribution in [3.63, 3.8) is 0 Å². The van der Waals surface area contributed by atoms with E-state index in [-0.39, 0.29) is 11.3 Å². The smallest absolute Gasteiger partial charge is 0.307 e. The minimum Gasteiger partial charge on any atom is -0.481 e. The van der Waals surface area contributed by atoms with E-state index in [1.165, 1.54) is 0 Å². The predicted molar refractivity (Wildman–Crippen MR) is 47.3 cm³/mol. The number of rotatable bonds is 2. The number of aliphatic carboxylic acids is 1. The van der Waals surface area contributed by atoms with Gasteiger partial charge in [0.1, 0.15) is 0 Å². The summed E-state index contributed by atoms with van der Waals surface area (Å²) in [5.41, 5.74) is 0.850. The van der Waals surface area contributed by atoms with Gasteiger partial charge in [0.25, 0.3) is 0 Å². The fourth-order valence-corrected chi connectivity index (χ4v) is 1.74. The van der Waals surface area contributed by atoms with Gasteiger partial charge in [0.05, 0.1) is 5.92 Å². The molecule has 0 bridgehead atoms. The molecule has 1 aliphatic carbocycles. The number of carboxylic acid groups (broad SMARTS) is 1. The lowest BCUT2D eigenvalue weighted by molar-refractivity contribution is -0.138. The number of pyridine rings is 1. The van der Waals surface area contributed by atoms with Gasteiger partial charge in [-0.15, -0.1) is 0 Å². The van der Waals surface area contributed by atoms with Crippen LogP contribution in [0.5, 0.6) is 0 Å². The van der Waals surface area contributed by atoms with Crippen LogP contribution < -0.4 is 0 Å². The van der Waals surface area contributed by atoms with Crippen molar-refractivity contribution in [1.29, 1.82) is 0 Å². The topological polar surface area (TPSA) is 50.2 Å². The average molecular weight is 177 g/mol. The molecule has 2 rings (SSSR count). The number of hydrogen-bond donors (Lipinski definition) is 1. The molecule has 0 spiro atoms. The maximum atomic E-state index is 10.7. The Hall–Kier alpha value is -1.38. The van der Waals surface area contributed by atoms with Crippen LogP contribution in [0.4, 0.5) is 0 Å². The molecule has 1 N–H and O–H groups in total. The Kier molecular flexibility index (Phi) is 1.62. The van der Waals surface area contributed by atoms with Crippen molar-refractivity contribution in [2.75, 3.05) is 0 Å². The second kappa shape index (κ2) is 2.55. The van der Waals surface area contributed by atoms with E-state index in [1.807, 2.05) is 19.1 Å². The quantitative estimate of drug-likeness (QED) is 0.743. The average Bonchev–Trinajstić information content (AvgIpc) is 2.82. The third-order valence-electron chi connectivity index (χ3n) is 2.86. The first kappa shape index (κ1) is 8.23. The standard InChI is InChI=1S/C10H11NO2/c1-10(5-8(10)9(12)13)7-3-2-4-11-6-7/h2-4,6,8H,5H2,1H3,(H,12,13). The number of aromatic nitrogens is 1. The van der Waals surface area contributed by atoms with Crippen LogP contribution in [-0.4, -0.2) is 16.1 Å². The summed E-state index contributed by atoms with van der Waals surface area (Å²) in [6.45, 7) is 1.98. The molecule has 1 aliphatic rings. The van der Waals surface area contributed by atoms with Crippen molar-refractivity contribution in [3.05, 3.63) is 30.1 Å². The molecule has 0 saturated heterocycles. The van der Waals surface area contributed by atoms with E-state index in [1.54, 1.807) is 12.4 Å². The largest absolute Gasteiger partial charge is 0.481 e. The summed E-state index contributed by atoms with van der Waals surface area (Å²) in [6.07, 6.45) is 4.18. The first-order chi connectivity index (χ1) is 6.14. The normalized spacial score (nSPS) is 31.3. The lowest BCUT2D eigenvalue weighted by Gasteiger charge is -2.08. The lowest BCUT2D eigenvalue weighted by atomic mass is 9.97. The first-order valence-electron chi connectivity index (χ1n) is 4.28. The molecule has 0 aromatic carbocycles. The van der Waals surface area contributed by atoms with E-state index in [4.69, 9.17) is 5.11 Å². The Bertz CT molecular complexity index is 336. The SMILES string of the molecule is CC1(c2cccnc2)CC1C(=O)O. The van der Waals surface area contributed by atoms with Crippen LogP contribution >= 0.6 is 0 Å². The highest BCUT2D eigenvalue weighted by molar-refractivity contribution is 5.76. The van der Waals surface area contributed by atoms with E-state index in [2.05, 4.69) is 4.98 Å². The van der Waals surface area contributed by atoms with Gasteiger partial charge >= 0.3 is 5.97 Å². The van der Waals surface area contributed by atoms with E-state index >= 15 is 0 Å². The van der Waals surface area contributed by atoms with Gasteiger partial charge in [-0.3, -0.25) is 9.78 Å². The van der Waals surface area contributed by atoms with Crippen molar-refractivity contribution in [1.82, 2.24) is 4.98 Å². The van der Waals surface area contributed by atoms with E-state index in [0.29, 0.717) is 0 Å². The van der Waals surface area contributed by atoms with Crippen LogP contribution in [0.3, 0.4) is 0 Å². The Labute approximate surface area is 76.4 Å². The highest BCUT2D eigenvalue weighted by Crippen LogP contribution is 2.53. The molecule has 1 fully saturated rings. The first-order valence-corrected chi connectivity index (χ1v) is 4.28. The third-order valence-corrected chi connectivity index (χ3v) is 2.86. The Balaban J connectivity index is 2.25. The van der Waals surface area contributed by atoms with Crippen LogP contribution in [0, 0.1) is 5.92 Å². The molecule has 0 amide bonds. The van der Waals surface area contributed by atoms with Crippen molar-refractivity contribution in [2.24, 2.45) is 5.92 Å². The summed E-state index contributed by atoms with van der Waals surface area (Å²) in [5.74, 6) is -0.928. The van der Waals surface area contributed by atoms with Gasteiger partial charge in [-0.25, -0.2) is 0 Å². The van der Waals surface area contributed by atoms with Crippen LogP contribution in [0.2, 0.25) is 0 Å². The number of nitrogens with zero attached hydrogens (tertiary/aromatic N) is 1. The molecular weight excluding hydrogens is 166 g/mol. The second-order valence-corrected chi connectivity index (χ2v) is 3.75. The molecule has 2 atom stereocenters. The number of carboxylic acids is 1. The van der Waals surface area contributed by atoms with Crippen LogP contribution in [0.25, 0.3) is 0 Å². The van der Waals surface area contributed by atoms with E-state index in [9.17, 15) is 4.79 Å². The highest BCUT2D eigenvalue weighted by atomic mass is 16.4. The maximum Gasteiger partial charge on any atom is 0.307 e. The van der Waals surface area contributed by atoms with Crippen molar-refractivity contribution < 1.29 is 9.90 Å².